The van der Waals surface area contributed by atoms with Crippen molar-refractivity contribution in [3.05, 3.63) is 54.6 Å². The lowest BCUT2D eigenvalue weighted by Crippen LogP contribution is -2.42. The topological polar surface area (TPSA) is 72.3 Å². The summed E-state index contributed by atoms with van der Waals surface area (Å²) in [5.41, 5.74) is 2.76. The molecule has 6 nitrogen and oxygen atoms in total. The van der Waals surface area contributed by atoms with Crippen LogP contribution in [0.25, 0.3) is 11.0 Å². The number of para-hydroxylation sites is 3. The Labute approximate surface area is 193 Å². The number of hydrogen-bond donors (Lipinski definition) is 0. The molecule has 0 saturated carbocycles. The number of benzene rings is 2. The third kappa shape index (κ3) is 5.18. The molecule has 0 aliphatic carbocycles. The molecule has 4 rings (SSSR count). The van der Waals surface area contributed by atoms with Crippen molar-refractivity contribution >= 4 is 44.2 Å². The second-order valence-corrected chi connectivity index (χ2v) is 11.4. The predicted molar refractivity (Wildman–Crippen MR) is 131 cm³/mol. The van der Waals surface area contributed by atoms with Gasteiger partial charge in [-0.05, 0) is 37.1 Å². The van der Waals surface area contributed by atoms with Gasteiger partial charge in [0.05, 0.1) is 34.3 Å². The van der Waals surface area contributed by atoms with E-state index >= 15 is 0 Å². The van der Waals surface area contributed by atoms with Gasteiger partial charge in [0.1, 0.15) is 0 Å². The van der Waals surface area contributed by atoms with Gasteiger partial charge in [0.25, 0.3) is 0 Å². The number of fused-ring (bicyclic) bond motifs is 1. The molecule has 2 heterocycles. The van der Waals surface area contributed by atoms with E-state index < -0.39 is 9.84 Å². The average molecular weight is 472 g/mol. The molecule has 1 fully saturated rings. The highest BCUT2D eigenvalue weighted by molar-refractivity contribution is 7.99. The molecule has 1 atom stereocenters. The Morgan fingerprint density at radius 3 is 2.59 bits per heavy atom. The molecule has 0 spiro atoms. The number of anilines is 1. The molecular formula is C24H29N3O3S2. The molecule has 170 valence electrons. The van der Waals surface area contributed by atoms with Crippen LogP contribution in [-0.2, 0) is 21.2 Å². The number of unbranched alkanes of at least 4 members (excludes halogenated alkanes) is 2. The molecule has 2 aromatic carbocycles. The Balaban J connectivity index is 1.56. The first kappa shape index (κ1) is 22.9. The summed E-state index contributed by atoms with van der Waals surface area (Å²) in [5.74, 6) is 0.279. The Bertz CT molecular complexity index is 1180. The van der Waals surface area contributed by atoms with Gasteiger partial charge in [-0.25, -0.2) is 13.4 Å². The third-order valence-electron chi connectivity index (χ3n) is 5.81. The average Bonchev–Trinajstić information content (AvgIpc) is 3.33. The summed E-state index contributed by atoms with van der Waals surface area (Å²) >= 11 is 1.43. The van der Waals surface area contributed by atoms with Gasteiger partial charge < -0.3 is 9.47 Å². The van der Waals surface area contributed by atoms with Crippen LogP contribution in [0.4, 0.5) is 5.69 Å². The van der Waals surface area contributed by atoms with Crippen LogP contribution in [-0.4, -0.2) is 47.2 Å². The van der Waals surface area contributed by atoms with Crippen LogP contribution < -0.4 is 4.90 Å². The quantitative estimate of drug-likeness (QED) is 0.338. The van der Waals surface area contributed by atoms with Crippen molar-refractivity contribution in [3.8, 4) is 0 Å². The summed E-state index contributed by atoms with van der Waals surface area (Å²) in [4.78, 5) is 19.8. The van der Waals surface area contributed by atoms with E-state index in [0.29, 0.717) is 6.42 Å². The number of aromatic nitrogens is 2. The van der Waals surface area contributed by atoms with Crippen LogP contribution in [0.5, 0.6) is 0 Å². The van der Waals surface area contributed by atoms with Gasteiger partial charge >= 0.3 is 0 Å². The maximum atomic E-state index is 13.4. The lowest BCUT2D eigenvalue weighted by molar-refractivity contribution is -0.116. The molecule has 8 heteroatoms. The van der Waals surface area contributed by atoms with Gasteiger partial charge in [-0.1, -0.05) is 61.9 Å². The minimum Gasteiger partial charge on any atom is -0.319 e. The largest absolute Gasteiger partial charge is 0.319 e. The number of nitrogens with zero attached hydrogens (tertiary/aromatic N) is 3. The number of amides is 1. The van der Waals surface area contributed by atoms with Crippen molar-refractivity contribution in [2.24, 2.45) is 0 Å². The van der Waals surface area contributed by atoms with Gasteiger partial charge in [0.15, 0.2) is 15.0 Å². The van der Waals surface area contributed by atoms with Gasteiger partial charge in [0.2, 0.25) is 5.91 Å². The summed E-state index contributed by atoms with van der Waals surface area (Å²) < 4.78 is 26.4. The second-order valence-electron chi connectivity index (χ2n) is 8.19. The SMILES string of the molecule is CCCCCn1c(SCC(=O)N(c2ccccc2)C2CCS(=O)(=O)C2)nc2ccccc21. The predicted octanol–water partition coefficient (Wildman–Crippen LogP) is 4.54. The first-order valence-electron chi connectivity index (χ1n) is 11.1. The molecule has 0 radical (unpaired) electrons. The number of thioether (sulfide) groups is 1. The molecule has 0 N–H and O–H groups in total. The fraction of sp³-hybridized carbons (Fsp3) is 0.417. The molecule has 1 saturated heterocycles. The molecule has 0 bridgehead atoms. The fourth-order valence-corrected chi connectivity index (χ4v) is 6.82. The van der Waals surface area contributed by atoms with Gasteiger partial charge in [-0.2, -0.15) is 0 Å². The lowest BCUT2D eigenvalue weighted by Gasteiger charge is -2.28. The minimum atomic E-state index is -3.10. The van der Waals surface area contributed by atoms with Crippen molar-refractivity contribution in [2.75, 3.05) is 22.2 Å². The summed E-state index contributed by atoms with van der Waals surface area (Å²) in [6.07, 6.45) is 3.83. The van der Waals surface area contributed by atoms with Crippen LogP contribution in [0.2, 0.25) is 0 Å². The monoisotopic (exact) mass is 471 g/mol. The highest BCUT2D eigenvalue weighted by Crippen LogP contribution is 2.28. The standard InChI is InChI=1S/C24H29N3O3S2/c1-2-3-9-15-26-22-13-8-7-12-21(22)25-24(26)31-17-23(28)27(19-10-5-4-6-11-19)20-14-16-32(29,30)18-20/h4-8,10-13,20H,2-3,9,14-18H2,1H3. The van der Waals surface area contributed by atoms with Crippen LogP contribution >= 0.6 is 11.8 Å². The molecule has 32 heavy (non-hydrogen) atoms. The molecule has 1 aliphatic heterocycles. The lowest BCUT2D eigenvalue weighted by atomic mass is 10.2. The number of sulfone groups is 1. The zero-order chi connectivity index (χ0) is 22.6. The van der Waals surface area contributed by atoms with Crippen molar-refractivity contribution in [3.63, 3.8) is 0 Å². The van der Waals surface area contributed by atoms with Crippen LogP contribution in [0.1, 0.15) is 32.6 Å². The number of carbonyl (C=O) groups is 1. The maximum absolute atomic E-state index is 13.4. The van der Waals surface area contributed by atoms with E-state index in [1.807, 2.05) is 48.5 Å². The van der Waals surface area contributed by atoms with E-state index in [9.17, 15) is 13.2 Å². The number of imidazole rings is 1. The molecule has 1 aliphatic rings. The Kier molecular flexibility index (Phi) is 7.20. The number of carbonyl (C=O) groups excluding carboxylic acids is 1. The smallest absolute Gasteiger partial charge is 0.237 e. The van der Waals surface area contributed by atoms with E-state index in [2.05, 4.69) is 17.6 Å². The number of rotatable bonds is 9. The first-order chi connectivity index (χ1) is 15.5. The van der Waals surface area contributed by atoms with Gasteiger partial charge in [-0.15, -0.1) is 0 Å². The summed E-state index contributed by atoms with van der Waals surface area (Å²) in [5, 5.41) is 0.836. The third-order valence-corrected chi connectivity index (χ3v) is 8.52. The molecule has 1 unspecified atom stereocenters. The molecule has 3 aromatic rings. The number of hydrogen-bond acceptors (Lipinski definition) is 5. The minimum absolute atomic E-state index is 0.0217. The zero-order valence-corrected chi connectivity index (χ0v) is 19.9. The Hall–Kier alpha value is -2.32. The van der Waals surface area contributed by atoms with Gasteiger partial charge in [0, 0.05) is 12.2 Å². The summed E-state index contributed by atoms with van der Waals surface area (Å²) in [6, 6.07) is 17.1. The van der Waals surface area contributed by atoms with E-state index in [1.165, 1.54) is 11.8 Å². The Morgan fingerprint density at radius 2 is 1.88 bits per heavy atom. The summed E-state index contributed by atoms with van der Waals surface area (Å²) in [6.45, 7) is 3.05. The normalized spacial score (nSPS) is 17.6. The molecule has 1 amide bonds. The number of aryl methyl sites for hydroxylation is 1. The van der Waals surface area contributed by atoms with E-state index in [0.717, 1.165) is 47.7 Å². The van der Waals surface area contributed by atoms with Crippen molar-refractivity contribution < 1.29 is 13.2 Å². The van der Waals surface area contributed by atoms with Crippen molar-refractivity contribution in [1.29, 1.82) is 0 Å². The first-order valence-corrected chi connectivity index (χ1v) is 13.9. The van der Waals surface area contributed by atoms with Gasteiger partial charge in [-0.3, -0.25) is 4.79 Å². The summed E-state index contributed by atoms with van der Waals surface area (Å²) in [7, 11) is -3.10. The van der Waals surface area contributed by atoms with E-state index in [1.54, 1.807) is 4.90 Å². The molecule has 1 aromatic heterocycles. The highest BCUT2D eigenvalue weighted by Gasteiger charge is 2.35. The van der Waals surface area contributed by atoms with E-state index in [4.69, 9.17) is 4.98 Å². The van der Waals surface area contributed by atoms with Crippen LogP contribution in [0.15, 0.2) is 59.8 Å². The second kappa shape index (κ2) is 10.1. The molecular weight excluding hydrogens is 442 g/mol. The zero-order valence-electron chi connectivity index (χ0n) is 18.3. The van der Waals surface area contributed by atoms with Crippen molar-refractivity contribution in [2.45, 2.75) is 50.4 Å². The highest BCUT2D eigenvalue weighted by atomic mass is 32.2. The fourth-order valence-electron chi connectivity index (χ4n) is 4.22. The Morgan fingerprint density at radius 1 is 1.12 bits per heavy atom. The maximum Gasteiger partial charge on any atom is 0.237 e. The van der Waals surface area contributed by atoms with Crippen LogP contribution in [0.3, 0.4) is 0 Å². The van der Waals surface area contributed by atoms with Crippen molar-refractivity contribution in [1.82, 2.24) is 9.55 Å². The van der Waals surface area contributed by atoms with E-state index in [-0.39, 0.29) is 29.2 Å². The van der Waals surface area contributed by atoms with Crippen LogP contribution in [0, 0.1) is 0 Å².